The van der Waals surface area contributed by atoms with Crippen molar-refractivity contribution >= 4 is 18.3 Å². The molecule has 3 heterocycles. The maximum absolute atomic E-state index is 12.3. The first-order valence-corrected chi connectivity index (χ1v) is 6.67. The van der Waals surface area contributed by atoms with E-state index in [-0.39, 0.29) is 18.3 Å². The van der Waals surface area contributed by atoms with Gasteiger partial charge in [-0.1, -0.05) is 0 Å². The van der Waals surface area contributed by atoms with Gasteiger partial charge in [0.15, 0.2) is 0 Å². The molecule has 1 aromatic heterocycles. The summed E-state index contributed by atoms with van der Waals surface area (Å²) in [6, 6.07) is 0. The van der Waals surface area contributed by atoms with Crippen molar-refractivity contribution in [2.45, 2.75) is 19.3 Å². The lowest BCUT2D eigenvalue weighted by Gasteiger charge is -2.33. The lowest BCUT2D eigenvalue weighted by molar-refractivity contribution is 0.0756. The molecule has 0 aliphatic carbocycles. The fraction of sp³-hybridized carbons (Fsp3) is 0.692. The van der Waals surface area contributed by atoms with Crippen LogP contribution in [0, 0.1) is 5.41 Å². The van der Waals surface area contributed by atoms with Crippen LogP contribution >= 0.6 is 12.4 Å². The fourth-order valence-electron chi connectivity index (χ4n) is 3.16. The van der Waals surface area contributed by atoms with E-state index in [0.29, 0.717) is 11.1 Å². The van der Waals surface area contributed by atoms with E-state index in [4.69, 9.17) is 0 Å². The average molecular weight is 285 g/mol. The van der Waals surface area contributed by atoms with E-state index in [1.165, 1.54) is 12.8 Å². The first-order chi connectivity index (χ1) is 8.69. The lowest BCUT2D eigenvalue weighted by atomic mass is 9.78. The van der Waals surface area contributed by atoms with Crippen molar-refractivity contribution < 1.29 is 4.79 Å². The number of likely N-dealkylation sites (tertiary alicyclic amines) is 1. The Morgan fingerprint density at radius 3 is 2.74 bits per heavy atom. The minimum atomic E-state index is 0. The second-order valence-electron chi connectivity index (χ2n) is 5.65. The second-order valence-corrected chi connectivity index (χ2v) is 5.65. The van der Waals surface area contributed by atoms with Crippen molar-refractivity contribution in [3.8, 4) is 0 Å². The number of aryl methyl sites for hydroxylation is 1. The number of carbonyl (C=O) groups is 1. The number of carbonyl (C=O) groups excluding carboxylic acids is 1. The average Bonchev–Trinajstić information content (AvgIpc) is 2.97. The zero-order valence-corrected chi connectivity index (χ0v) is 12.1. The third-order valence-electron chi connectivity index (χ3n) is 4.31. The molecule has 5 nitrogen and oxygen atoms in total. The highest BCUT2D eigenvalue weighted by atomic mass is 35.5. The molecule has 19 heavy (non-hydrogen) atoms. The molecule has 2 aliphatic heterocycles. The number of hydrogen-bond acceptors (Lipinski definition) is 3. The van der Waals surface area contributed by atoms with Gasteiger partial charge in [-0.15, -0.1) is 12.4 Å². The van der Waals surface area contributed by atoms with E-state index in [0.717, 1.165) is 32.6 Å². The Morgan fingerprint density at radius 2 is 2.11 bits per heavy atom. The summed E-state index contributed by atoms with van der Waals surface area (Å²) < 4.78 is 1.82. The van der Waals surface area contributed by atoms with Crippen LogP contribution in [-0.2, 0) is 7.05 Å². The van der Waals surface area contributed by atoms with E-state index >= 15 is 0 Å². The number of nitrogens with one attached hydrogen (secondary N) is 1. The van der Waals surface area contributed by atoms with Crippen LogP contribution in [0.25, 0.3) is 0 Å². The maximum Gasteiger partial charge on any atom is 0.274 e. The van der Waals surface area contributed by atoms with Gasteiger partial charge in [0.2, 0.25) is 0 Å². The highest BCUT2D eigenvalue weighted by Gasteiger charge is 2.40. The first kappa shape index (κ1) is 14.3. The van der Waals surface area contributed by atoms with Gasteiger partial charge in [0.25, 0.3) is 5.91 Å². The van der Waals surface area contributed by atoms with Gasteiger partial charge >= 0.3 is 0 Å². The van der Waals surface area contributed by atoms with Crippen LogP contribution in [0.4, 0.5) is 0 Å². The number of amides is 1. The molecule has 0 radical (unpaired) electrons. The van der Waals surface area contributed by atoms with Crippen LogP contribution in [0.15, 0.2) is 12.5 Å². The number of imidazole rings is 1. The number of piperidine rings is 1. The third-order valence-corrected chi connectivity index (χ3v) is 4.31. The van der Waals surface area contributed by atoms with Gasteiger partial charge in [0.1, 0.15) is 5.69 Å². The van der Waals surface area contributed by atoms with Crippen LogP contribution in [0.3, 0.4) is 0 Å². The van der Waals surface area contributed by atoms with Gasteiger partial charge in [-0.3, -0.25) is 4.79 Å². The zero-order chi connectivity index (χ0) is 12.6. The Hall–Kier alpha value is -1.07. The van der Waals surface area contributed by atoms with Crippen LogP contribution in [0.1, 0.15) is 29.8 Å². The molecule has 1 amide bonds. The number of nitrogens with zero attached hydrogens (tertiary/aromatic N) is 3. The fourth-order valence-corrected chi connectivity index (χ4v) is 3.16. The van der Waals surface area contributed by atoms with Crippen molar-refractivity contribution in [3.05, 3.63) is 18.2 Å². The Morgan fingerprint density at radius 1 is 1.37 bits per heavy atom. The molecule has 0 bridgehead atoms. The Balaban J connectivity index is 0.00000133. The third kappa shape index (κ3) is 2.77. The second kappa shape index (κ2) is 5.51. The van der Waals surface area contributed by atoms with Crippen molar-refractivity contribution in [2.24, 2.45) is 12.5 Å². The summed E-state index contributed by atoms with van der Waals surface area (Å²) in [6.45, 7) is 3.97. The van der Waals surface area contributed by atoms with E-state index in [1.54, 1.807) is 12.5 Å². The summed E-state index contributed by atoms with van der Waals surface area (Å²) >= 11 is 0. The zero-order valence-electron chi connectivity index (χ0n) is 11.3. The van der Waals surface area contributed by atoms with E-state index in [1.807, 2.05) is 16.5 Å². The molecule has 106 valence electrons. The number of halogens is 1. The summed E-state index contributed by atoms with van der Waals surface area (Å²) in [5, 5.41) is 3.40. The molecule has 0 saturated carbocycles. The number of rotatable bonds is 1. The van der Waals surface area contributed by atoms with E-state index < -0.39 is 0 Å². The molecule has 3 rings (SSSR count). The highest BCUT2D eigenvalue weighted by molar-refractivity contribution is 5.92. The first-order valence-electron chi connectivity index (χ1n) is 6.67. The Kier molecular flexibility index (Phi) is 4.16. The summed E-state index contributed by atoms with van der Waals surface area (Å²) in [7, 11) is 1.89. The van der Waals surface area contributed by atoms with Gasteiger partial charge in [0, 0.05) is 26.3 Å². The van der Waals surface area contributed by atoms with Crippen LogP contribution in [-0.4, -0.2) is 46.5 Å². The Labute approximate surface area is 119 Å². The highest BCUT2D eigenvalue weighted by Crippen LogP contribution is 2.38. The lowest BCUT2D eigenvalue weighted by Crippen LogP contribution is -2.39. The van der Waals surface area contributed by atoms with Crippen LogP contribution in [0.5, 0.6) is 0 Å². The smallest absolute Gasteiger partial charge is 0.274 e. The van der Waals surface area contributed by atoms with Crippen LogP contribution < -0.4 is 5.32 Å². The van der Waals surface area contributed by atoms with Crippen molar-refractivity contribution in [1.29, 1.82) is 0 Å². The molecule has 2 saturated heterocycles. The maximum atomic E-state index is 12.3. The molecule has 2 fully saturated rings. The summed E-state index contributed by atoms with van der Waals surface area (Å²) in [5.74, 6) is 0.0889. The standard InChI is InChI=1S/C13H20N4O.ClH/c1-16-8-11(15-10-16)12(18)17-7-4-13(9-17)2-5-14-6-3-13;/h8,10,14H,2-7,9H2,1H3;1H. The minimum Gasteiger partial charge on any atom is -0.340 e. The van der Waals surface area contributed by atoms with Gasteiger partial charge in [-0.2, -0.15) is 0 Å². The predicted octanol–water partition coefficient (Wildman–Crippen LogP) is 1.06. The van der Waals surface area contributed by atoms with E-state index in [9.17, 15) is 4.79 Å². The molecule has 1 N–H and O–H groups in total. The largest absolute Gasteiger partial charge is 0.340 e. The molecule has 1 aromatic rings. The quantitative estimate of drug-likeness (QED) is 0.839. The molecular formula is C13H21ClN4O. The molecule has 0 atom stereocenters. The van der Waals surface area contributed by atoms with E-state index in [2.05, 4.69) is 10.3 Å². The topological polar surface area (TPSA) is 50.2 Å². The van der Waals surface area contributed by atoms with Gasteiger partial charge in [0.05, 0.1) is 6.33 Å². The molecule has 0 aromatic carbocycles. The summed E-state index contributed by atoms with van der Waals surface area (Å²) in [5.41, 5.74) is 0.943. The van der Waals surface area contributed by atoms with Crippen LogP contribution in [0.2, 0.25) is 0 Å². The van der Waals surface area contributed by atoms with Gasteiger partial charge < -0.3 is 14.8 Å². The monoisotopic (exact) mass is 284 g/mol. The molecule has 0 unspecified atom stereocenters. The van der Waals surface area contributed by atoms with Crippen molar-refractivity contribution in [1.82, 2.24) is 19.8 Å². The van der Waals surface area contributed by atoms with Gasteiger partial charge in [-0.05, 0) is 37.8 Å². The van der Waals surface area contributed by atoms with Crippen molar-refractivity contribution in [3.63, 3.8) is 0 Å². The van der Waals surface area contributed by atoms with Gasteiger partial charge in [-0.25, -0.2) is 4.98 Å². The number of aromatic nitrogens is 2. The summed E-state index contributed by atoms with van der Waals surface area (Å²) in [6.07, 6.45) is 7.02. The molecule has 6 heteroatoms. The SMILES string of the molecule is Cl.Cn1cnc(C(=O)N2CCC3(CCNCC3)C2)c1. The Bertz CT molecular complexity index is 453. The van der Waals surface area contributed by atoms with Crippen molar-refractivity contribution in [2.75, 3.05) is 26.2 Å². The molecule has 1 spiro atoms. The normalized spacial score (nSPS) is 21.4. The molecule has 2 aliphatic rings. The molecular weight excluding hydrogens is 264 g/mol. The number of hydrogen-bond donors (Lipinski definition) is 1. The predicted molar refractivity (Wildman–Crippen MR) is 75.5 cm³/mol. The summed E-state index contributed by atoms with van der Waals surface area (Å²) in [4.78, 5) is 18.5. The minimum absolute atomic E-state index is 0.